The first-order chi connectivity index (χ1) is 6.74. The Kier molecular flexibility index (Phi) is 11.1. The van der Waals surface area contributed by atoms with Crippen LogP contribution in [0.3, 0.4) is 0 Å². The van der Waals surface area contributed by atoms with Crippen molar-refractivity contribution in [2.45, 2.75) is 13.0 Å². The standard InChI is InChI=1S/C11H17FN2.2ClH/c1-14(8-4-7-13)9-10-5-2-3-6-11(10)12;;/h2-3,5-6H,4,7-9,13H2,1H3;2*1H. The molecule has 16 heavy (non-hydrogen) atoms. The molecule has 0 atom stereocenters. The van der Waals surface area contributed by atoms with Crippen LogP contribution in [0.4, 0.5) is 4.39 Å². The van der Waals surface area contributed by atoms with E-state index in [-0.39, 0.29) is 30.6 Å². The second kappa shape index (κ2) is 9.85. The van der Waals surface area contributed by atoms with Crippen molar-refractivity contribution in [3.63, 3.8) is 0 Å². The van der Waals surface area contributed by atoms with Crippen molar-refractivity contribution in [2.75, 3.05) is 20.1 Å². The molecule has 0 saturated heterocycles. The van der Waals surface area contributed by atoms with Crippen LogP contribution in [-0.2, 0) is 6.54 Å². The number of halogens is 3. The fourth-order valence-electron chi connectivity index (χ4n) is 1.36. The summed E-state index contributed by atoms with van der Waals surface area (Å²) in [5.74, 6) is -0.132. The number of hydrogen-bond donors (Lipinski definition) is 1. The van der Waals surface area contributed by atoms with Gasteiger partial charge in [0.1, 0.15) is 5.82 Å². The molecule has 0 spiro atoms. The van der Waals surface area contributed by atoms with Gasteiger partial charge in [-0.15, -0.1) is 24.8 Å². The molecular weight excluding hydrogens is 250 g/mol. The van der Waals surface area contributed by atoms with Gasteiger partial charge >= 0.3 is 0 Å². The van der Waals surface area contributed by atoms with Crippen LogP contribution in [0.15, 0.2) is 24.3 Å². The van der Waals surface area contributed by atoms with E-state index in [2.05, 4.69) is 4.90 Å². The molecule has 0 aromatic heterocycles. The van der Waals surface area contributed by atoms with Crippen LogP contribution in [0.5, 0.6) is 0 Å². The summed E-state index contributed by atoms with van der Waals surface area (Å²) in [6.45, 7) is 2.24. The van der Waals surface area contributed by atoms with Crippen LogP contribution in [-0.4, -0.2) is 25.0 Å². The van der Waals surface area contributed by atoms with Gasteiger partial charge in [-0.05, 0) is 32.6 Å². The summed E-state index contributed by atoms with van der Waals surface area (Å²) in [6, 6.07) is 6.87. The Labute approximate surface area is 109 Å². The smallest absolute Gasteiger partial charge is 0.127 e. The van der Waals surface area contributed by atoms with Crippen LogP contribution < -0.4 is 5.73 Å². The summed E-state index contributed by atoms with van der Waals surface area (Å²) in [7, 11) is 1.97. The topological polar surface area (TPSA) is 29.3 Å². The molecule has 5 heteroatoms. The molecule has 0 heterocycles. The maximum Gasteiger partial charge on any atom is 0.127 e. The molecule has 2 nitrogen and oxygen atoms in total. The lowest BCUT2D eigenvalue weighted by atomic mass is 10.2. The highest BCUT2D eigenvalue weighted by atomic mass is 35.5. The quantitative estimate of drug-likeness (QED) is 0.889. The summed E-state index contributed by atoms with van der Waals surface area (Å²) in [6.07, 6.45) is 0.949. The summed E-state index contributed by atoms with van der Waals surface area (Å²) in [5.41, 5.74) is 6.14. The summed E-state index contributed by atoms with van der Waals surface area (Å²) >= 11 is 0. The Morgan fingerprint density at radius 3 is 2.44 bits per heavy atom. The Bertz CT molecular complexity index is 284. The number of hydrogen-bond acceptors (Lipinski definition) is 2. The van der Waals surface area contributed by atoms with E-state index in [1.165, 1.54) is 6.07 Å². The van der Waals surface area contributed by atoms with Crippen molar-refractivity contribution in [3.05, 3.63) is 35.6 Å². The predicted octanol–water partition coefficient (Wildman–Crippen LogP) is 2.45. The van der Waals surface area contributed by atoms with Gasteiger partial charge in [0.2, 0.25) is 0 Å². The zero-order chi connectivity index (χ0) is 10.4. The Hall–Kier alpha value is -0.350. The van der Waals surface area contributed by atoms with Crippen molar-refractivity contribution in [2.24, 2.45) is 5.73 Å². The third-order valence-corrected chi connectivity index (χ3v) is 2.14. The maximum absolute atomic E-state index is 13.2. The van der Waals surface area contributed by atoms with Gasteiger partial charge in [0, 0.05) is 12.1 Å². The number of rotatable bonds is 5. The monoisotopic (exact) mass is 268 g/mol. The molecule has 1 aromatic carbocycles. The molecule has 0 aliphatic rings. The molecule has 0 radical (unpaired) electrons. The Morgan fingerprint density at radius 2 is 1.88 bits per heavy atom. The zero-order valence-electron chi connectivity index (χ0n) is 9.36. The van der Waals surface area contributed by atoms with Gasteiger partial charge in [-0.1, -0.05) is 18.2 Å². The fraction of sp³-hybridized carbons (Fsp3) is 0.455. The highest BCUT2D eigenvalue weighted by Crippen LogP contribution is 2.08. The van der Waals surface area contributed by atoms with Crippen molar-refractivity contribution < 1.29 is 4.39 Å². The van der Waals surface area contributed by atoms with E-state index in [1.54, 1.807) is 6.07 Å². The Balaban J connectivity index is 0. The van der Waals surface area contributed by atoms with E-state index in [0.717, 1.165) is 18.5 Å². The van der Waals surface area contributed by atoms with Gasteiger partial charge in [0.15, 0.2) is 0 Å². The molecule has 1 aromatic rings. The van der Waals surface area contributed by atoms with E-state index in [9.17, 15) is 4.39 Å². The van der Waals surface area contributed by atoms with E-state index in [4.69, 9.17) is 5.73 Å². The van der Waals surface area contributed by atoms with Gasteiger partial charge in [-0.25, -0.2) is 4.39 Å². The minimum atomic E-state index is -0.132. The van der Waals surface area contributed by atoms with Crippen LogP contribution in [0, 0.1) is 5.82 Å². The van der Waals surface area contributed by atoms with Gasteiger partial charge in [0.25, 0.3) is 0 Å². The number of nitrogens with two attached hydrogens (primary N) is 1. The number of benzene rings is 1. The molecular formula is C11H19Cl2FN2. The first-order valence-electron chi connectivity index (χ1n) is 4.86. The lowest BCUT2D eigenvalue weighted by Crippen LogP contribution is -2.21. The lowest BCUT2D eigenvalue weighted by Gasteiger charge is -2.16. The molecule has 0 fully saturated rings. The second-order valence-electron chi connectivity index (χ2n) is 3.47. The molecule has 1 rings (SSSR count). The first-order valence-corrected chi connectivity index (χ1v) is 4.86. The number of nitrogens with zero attached hydrogens (tertiary/aromatic N) is 1. The van der Waals surface area contributed by atoms with E-state index >= 15 is 0 Å². The maximum atomic E-state index is 13.2. The SMILES string of the molecule is CN(CCCN)Cc1ccccc1F.Cl.Cl. The van der Waals surface area contributed by atoms with E-state index in [1.807, 2.05) is 19.2 Å². The van der Waals surface area contributed by atoms with Crippen molar-refractivity contribution in [1.29, 1.82) is 0 Å². The second-order valence-corrected chi connectivity index (χ2v) is 3.47. The minimum absolute atomic E-state index is 0. The molecule has 2 N–H and O–H groups in total. The van der Waals surface area contributed by atoms with Crippen LogP contribution in [0.1, 0.15) is 12.0 Å². The summed E-state index contributed by atoms with van der Waals surface area (Å²) < 4.78 is 13.2. The van der Waals surface area contributed by atoms with Crippen LogP contribution >= 0.6 is 24.8 Å². The first kappa shape index (κ1) is 18.0. The third-order valence-electron chi connectivity index (χ3n) is 2.14. The molecule has 0 aliphatic carbocycles. The molecule has 0 amide bonds. The third kappa shape index (κ3) is 6.28. The van der Waals surface area contributed by atoms with Gasteiger partial charge in [-0.2, -0.15) is 0 Å². The highest BCUT2D eigenvalue weighted by molar-refractivity contribution is 5.85. The zero-order valence-corrected chi connectivity index (χ0v) is 11.0. The fourth-order valence-corrected chi connectivity index (χ4v) is 1.36. The largest absolute Gasteiger partial charge is 0.330 e. The molecule has 0 bridgehead atoms. The molecule has 0 saturated carbocycles. The Morgan fingerprint density at radius 1 is 1.25 bits per heavy atom. The normalized spacial score (nSPS) is 9.50. The van der Waals surface area contributed by atoms with Crippen molar-refractivity contribution >= 4 is 24.8 Å². The van der Waals surface area contributed by atoms with Crippen molar-refractivity contribution in [1.82, 2.24) is 4.90 Å². The highest BCUT2D eigenvalue weighted by Gasteiger charge is 2.03. The van der Waals surface area contributed by atoms with E-state index < -0.39 is 0 Å². The average molecular weight is 269 g/mol. The van der Waals surface area contributed by atoms with Gasteiger partial charge in [-0.3, -0.25) is 0 Å². The van der Waals surface area contributed by atoms with E-state index in [0.29, 0.717) is 13.1 Å². The van der Waals surface area contributed by atoms with Crippen LogP contribution in [0.2, 0.25) is 0 Å². The van der Waals surface area contributed by atoms with Crippen LogP contribution in [0.25, 0.3) is 0 Å². The van der Waals surface area contributed by atoms with Gasteiger partial charge < -0.3 is 10.6 Å². The minimum Gasteiger partial charge on any atom is -0.330 e. The summed E-state index contributed by atoms with van der Waals surface area (Å²) in [4.78, 5) is 2.07. The predicted molar refractivity (Wildman–Crippen MR) is 70.9 cm³/mol. The molecule has 0 unspecified atom stereocenters. The summed E-state index contributed by atoms with van der Waals surface area (Å²) in [5, 5.41) is 0. The van der Waals surface area contributed by atoms with Crippen molar-refractivity contribution in [3.8, 4) is 0 Å². The molecule has 94 valence electrons. The van der Waals surface area contributed by atoms with Gasteiger partial charge in [0.05, 0.1) is 0 Å². The average Bonchev–Trinajstić information content (AvgIpc) is 2.18. The molecule has 0 aliphatic heterocycles. The lowest BCUT2D eigenvalue weighted by molar-refractivity contribution is 0.319.